The third-order valence-electron chi connectivity index (χ3n) is 1.60. The van der Waals surface area contributed by atoms with Gasteiger partial charge in [-0.3, -0.25) is 0 Å². The molecule has 2 N–H and O–H groups in total. The van der Waals surface area contributed by atoms with E-state index in [2.05, 4.69) is 10.3 Å². The molecular weight excluding hydrogens is 216 g/mol. The number of aromatic nitrogens is 1. The summed E-state index contributed by atoms with van der Waals surface area (Å²) in [7, 11) is 0. The standard InChI is InChI=1S/C8H8F4N2O/c9-5-2-1-3-13-7(5)14-4-6(15)8(10,11)12/h1-3,6,15H,4H2,(H,13,14). The summed E-state index contributed by atoms with van der Waals surface area (Å²) in [4.78, 5) is 3.47. The van der Waals surface area contributed by atoms with Crippen LogP contribution in [0.5, 0.6) is 0 Å². The van der Waals surface area contributed by atoms with Crippen LogP contribution < -0.4 is 5.32 Å². The van der Waals surface area contributed by atoms with Crippen LogP contribution in [0, 0.1) is 5.82 Å². The van der Waals surface area contributed by atoms with Crippen molar-refractivity contribution in [1.29, 1.82) is 0 Å². The number of hydrogen-bond acceptors (Lipinski definition) is 3. The molecule has 0 fully saturated rings. The number of pyridine rings is 1. The van der Waals surface area contributed by atoms with E-state index in [1.807, 2.05) is 0 Å². The van der Waals surface area contributed by atoms with Crippen molar-refractivity contribution in [2.75, 3.05) is 11.9 Å². The van der Waals surface area contributed by atoms with Crippen molar-refractivity contribution in [3.63, 3.8) is 0 Å². The molecule has 0 aliphatic carbocycles. The highest BCUT2D eigenvalue weighted by Crippen LogP contribution is 2.20. The number of nitrogens with zero attached hydrogens (tertiary/aromatic N) is 1. The quantitative estimate of drug-likeness (QED) is 0.766. The van der Waals surface area contributed by atoms with Crippen LogP contribution in [0.4, 0.5) is 23.4 Å². The molecule has 3 nitrogen and oxygen atoms in total. The first-order chi connectivity index (χ1) is 6.91. The number of halogens is 4. The summed E-state index contributed by atoms with van der Waals surface area (Å²) in [5.41, 5.74) is 0. The van der Waals surface area contributed by atoms with Crippen LogP contribution in [0.15, 0.2) is 18.3 Å². The zero-order chi connectivity index (χ0) is 11.5. The van der Waals surface area contributed by atoms with Crippen LogP contribution in [0.1, 0.15) is 0 Å². The van der Waals surface area contributed by atoms with E-state index in [4.69, 9.17) is 5.11 Å². The van der Waals surface area contributed by atoms with Crippen LogP contribution in [-0.2, 0) is 0 Å². The third-order valence-corrected chi connectivity index (χ3v) is 1.60. The molecule has 0 spiro atoms. The number of hydrogen-bond donors (Lipinski definition) is 2. The average Bonchev–Trinajstić information content (AvgIpc) is 2.14. The molecule has 0 saturated heterocycles. The Kier molecular flexibility index (Phi) is 3.46. The van der Waals surface area contributed by atoms with Crippen molar-refractivity contribution in [2.24, 2.45) is 0 Å². The molecular formula is C8H8F4N2O. The molecule has 7 heteroatoms. The van der Waals surface area contributed by atoms with E-state index < -0.39 is 24.6 Å². The van der Waals surface area contributed by atoms with Gasteiger partial charge >= 0.3 is 6.18 Å². The molecule has 0 saturated carbocycles. The lowest BCUT2D eigenvalue weighted by Crippen LogP contribution is -2.35. The molecule has 1 rings (SSSR count). The Hall–Kier alpha value is -1.37. The Morgan fingerprint density at radius 1 is 1.47 bits per heavy atom. The summed E-state index contributed by atoms with van der Waals surface area (Å²) in [6.07, 6.45) is -6.04. The van der Waals surface area contributed by atoms with Gasteiger partial charge in [-0.05, 0) is 12.1 Å². The molecule has 15 heavy (non-hydrogen) atoms. The van der Waals surface area contributed by atoms with Gasteiger partial charge < -0.3 is 10.4 Å². The molecule has 0 aromatic carbocycles. The van der Waals surface area contributed by atoms with Gasteiger partial charge in [-0.15, -0.1) is 0 Å². The lowest BCUT2D eigenvalue weighted by atomic mass is 10.3. The van der Waals surface area contributed by atoms with E-state index in [9.17, 15) is 17.6 Å². The number of anilines is 1. The summed E-state index contributed by atoms with van der Waals surface area (Å²) < 4.78 is 48.4. The fourth-order valence-corrected chi connectivity index (χ4v) is 0.825. The Labute approximate surface area is 82.8 Å². The number of alkyl halides is 3. The minimum atomic E-state index is -4.72. The highest BCUT2D eigenvalue weighted by molar-refractivity contribution is 5.35. The van der Waals surface area contributed by atoms with E-state index in [0.29, 0.717) is 0 Å². The summed E-state index contributed by atoms with van der Waals surface area (Å²) in [5.74, 6) is -1.09. The molecule has 0 aliphatic rings. The summed E-state index contributed by atoms with van der Waals surface area (Å²) in [6, 6.07) is 2.36. The van der Waals surface area contributed by atoms with Gasteiger partial charge in [-0.25, -0.2) is 9.37 Å². The van der Waals surface area contributed by atoms with Crippen molar-refractivity contribution < 1.29 is 22.7 Å². The van der Waals surface area contributed by atoms with Gasteiger partial charge in [-0.2, -0.15) is 13.2 Å². The molecule has 1 heterocycles. The number of aliphatic hydroxyl groups is 1. The van der Waals surface area contributed by atoms with E-state index in [1.54, 1.807) is 0 Å². The first-order valence-electron chi connectivity index (χ1n) is 4.00. The molecule has 1 aromatic heterocycles. The fraction of sp³-hybridized carbons (Fsp3) is 0.375. The van der Waals surface area contributed by atoms with Gasteiger partial charge in [-0.1, -0.05) is 0 Å². The minimum Gasteiger partial charge on any atom is -0.382 e. The minimum absolute atomic E-state index is 0.319. The van der Waals surface area contributed by atoms with Gasteiger partial charge in [0.25, 0.3) is 0 Å². The van der Waals surface area contributed by atoms with Crippen molar-refractivity contribution in [3.05, 3.63) is 24.1 Å². The van der Waals surface area contributed by atoms with Gasteiger partial charge in [0.2, 0.25) is 0 Å². The molecule has 1 aromatic rings. The Balaban J connectivity index is 2.55. The molecule has 1 atom stereocenters. The molecule has 0 amide bonds. The monoisotopic (exact) mass is 224 g/mol. The van der Waals surface area contributed by atoms with Crippen molar-refractivity contribution in [2.45, 2.75) is 12.3 Å². The summed E-state index contributed by atoms with van der Waals surface area (Å²) in [6.45, 7) is -0.836. The normalized spacial score (nSPS) is 13.7. The summed E-state index contributed by atoms with van der Waals surface area (Å²) in [5, 5.41) is 10.7. The van der Waals surface area contributed by atoms with Crippen LogP contribution in [0.25, 0.3) is 0 Å². The molecule has 0 bridgehead atoms. The molecule has 84 valence electrons. The zero-order valence-corrected chi connectivity index (χ0v) is 7.42. The van der Waals surface area contributed by atoms with Crippen LogP contribution in [-0.4, -0.2) is 28.9 Å². The molecule has 0 radical (unpaired) electrons. The highest BCUT2D eigenvalue weighted by Gasteiger charge is 2.37. The van der Waals surface area contributed by atoms with Crippen LogP contribution in [0.3, 0.4) is 0 Å². The molecule has 0 aliphatic heterocycles. The van der Waals surface area contributed by atoms with Gasteiger partial charge in [0.05, 0.1) is 6.54 Å². The highest BCUT2D eigenvalue weighted by atomic mass is 19.4. The average molecular weight is 224 g/mol. The topological polar surface area (TPSA) is 45.1 Å². The Bertz CT molecular complexity index is 329. The first kappa shape index (κ1) is 11.7. The van der Waals surface area contributed by atoms with Gasteiger partial charge in [0.15, 0.2) is 17.7 Å². The van der Waals surface area contributed by atoms with Gasteiger partial charge in [0.1, 0.15) is 0 Å². The van der Waals surface area contributed by atoms with Crippen molar-refractivity contribution >= 4 is 5.82 Å². The second-order valence-electron chi connectivity index (χ2n) is 2.77. The SMILES string of the molecule is OC(CNc1ncccc1F)C(F)(F)F. The second kappa shape index (κ2) is 4.43. The maximum absolute atomic E-state index is 12.8. The largest absolute Gasteiger partial charge is 0.416 e. The van der Waals surface area contributed by atoms with E-state index >= 15 is 0 Å². The van der Waals surface area contributed by atoms with Crippen LogP contribution >= 0.6 is 0 Å². The predicted octanol–water partition coefficient (Wildman–Crippen LogP) is 1.56. The third kappa shape index (κ3) is 3.35. The maximum atomic E-state index is 12.8. The lowest BCUT2D eigenvalue weighted by Gasteiger charge is -2.15. The van der Waals surface area contributed by atoms with E-state index in [1.165, 1.54) is 12.3 Å². The fourth-order valence-electron chi connectivity index (χ4n) is 0.825. The Morgan fingerprint density at radius 3 is 2.67 bits per heavy atom. The Morgan fingerprint density at radius 2 is 2.13 bits per heavy atom. The van der Waals surface area contributed by atoms with Crippen LogP contribution in [0.2, 0.25) is 0 Å². The predicted molar refractivity (Wildman–Crippen MR) is 44.7 cm³/mol. The van der Waals surface area contributed by atoms with E-state index in [-0.39, 0.29) is 5.82 Å². The molecule has 1 unspecified atom stereocenters. The number of nitrogens with one attached hydrogen (secondary N) is 1. The van der Waals surface area contributed by atoms with Crippen molar-refractivity contribution in [1.82, 2.24) is 4.98 Å². The summed E-state index contributed by atoms with van der Waals surface area (Å²) >= 11 is 0. The number of rotatable bonds is 3. The van der Waals surface area contributed by atoms with E-state index in [0.717, 1.165) is 6.07 Å². The second-order valence-corrected chi connectivity index (χ2v) is 2.77. The lowest BCUT2D eigenvalue weighted by molar-refractivity contribution is -0.198. The first-order valence-corrected chi connectivity index (χ1v) is 4.00. The number of aliphatic hydroxyl groups excluding tert-OH is 1. The van der Waals surface area contributed by atoms with Crippen molar-refractivity contribution in [3.8, 4) is 0 Å². The maximum Gasteiger partial charge on any atom is 0.416 e. The smallest absolute Gasteiger partial charge is 0.382 e. The van der Waals surface area contributed by atoms with Gasteiger partial charge in [0, 0.05) is 6.20 Å². The zero-order valence-electron chi connectivity index (χ0n) is 7.42.